The Labute approximate surface area is 193 Å². The van der Waals surface area contributed by atoms with Gasteiger partial charge in [0.25, 0.3) is 5.91 Å². The van der Waals surface area contributed by atoms with E-state index < -0.39 is 0 Å². The van der Waals surface area contributed by atoms with Gasteiger partial charge in [0.2, 0.25) is 0 Å². The fraction of sp³-hybridized carbons (Fsp3) is 0.111. The second-order valence-electron chi connectivity index (χ2n) is 7.69. The summed E-state index contributed by atoms with van der Waals surface area (Å²) in [7, 11) is 0. The largest absolute Gasteiger partial charge is 0.318 e. The lowest BCUT2D eigenvalue weighted by Crippen LogP contribution is -2.18. The first-order chi connectivity index (χ1) is 15.5. The summed E-state index contributed by atoms with van der Waals surface area (Å²) in [5.74, 6) is -0.239. The van der Waals surface area contributed by atoms with Gasteiger partial charge in [0, 0.05) is 32.4 Å². The number of carbonyl (C=O) groups is 1. The molecule has 1 aromatic heterocycles. The van der Waals surface area contributed by atoms with Crippen molar-refractivity contribution in [2.45, 2.75) is 30.6 Å². The van der Waals surface area contributed by atoms with Crippen LogP contribution in [-0.4, -0.2) is 16.7 Å². The topological polar surface area (TPSA) is 46.4 Å². The third-order valence-corrected chi connectivity index (χ3v) is 6.17. The zero-order valence-electron chi connectivity index (χ0n) is 18.4. The molecule has 160 valence electrons. The van der Waals surface area contributed by atoms with Crippen molar-refractivity contribution >= 4 is 23.9 Å². The second kappa shape index (κ2) is 9.71. The summed E-state index contributed by atoms with van der Waals surface area (Å²) in [6.07, 6.45) is 1.66. The van der Waals surface area contributed by atoms with Crippen molar-refractivity contribution in [3.63, 3.8) is 0 Å². The van der Waals surface area contributed by atoms with Gasteiger partial charge in [-0.15, -0.1) is 0 Å². The van der Waals surface area contributed by atoms with Crippen molar-refractivity contribution in [2.24, 2.45) is 5.10 Å². The molecule has 3 aromatic carbocycles. The Morgan fingerprint density at radius 1 is 0.844 bits per heavy atom. The smallest absolute Gasteiger partial charge is 0.271 e. The van der Waals surface area contributed by atoms with Crippen LogP contribution in [-0.2, 0) is 0 Å². The number of nitrogens with one attached hydrogen (secondary N) is 1. The Kier molecular flexibility index (Phi) is 6.57. The number of rotatable bonds is 6. The van der Waals surface area contributed by atoms with E-state index in [1.807, 2.05) is 30.3 Å². The molecule has 4 nitrogen and oxygen atoms in total. The van der Waals surface area contributed by atoms with Crippen LogP contribution in [0.4, 0.5) is 0 Å². The van der Waals surface area contributed by atoms with Crippen LogP contribution in [0.25, 0.3) is 5.69 Å². The van der Waals surface area contributed by atoms with Crippen molar-refractivity contribution in [2.75, 3.05) is 0 Å². The van der Waals surface area contributed by atoms with Crippen molar-refractivity contribution in [1.29, 1.82) is 0 Å². The third kappa shape index (κ3) is 5.18. The molecule has 0 spiro atoms. The van der Waals surface area contributed by atoms with Gasteiger partial charge in [0.15, 0.2) is 0 Å². The average Bonchev–Trinajstić information content (AvgIpc) is 3.14. The molecule has 4 rings (SSSR count). The quantitative estimate of drug-likeness (QED) is 0.282. The van der Waals surface area contributed by atoms with Crippen LogP contribution in [0.2, 0.25) is 0 Å². The molecule has 0 aliphatic carbocycles. The summed E-state index contributed by atoms with van der Waals surface area (Å²) < 4.78 is 2.12. The number of carbonyl (C=O) groups excluding carboxylic acids is 1. The van der Waals surface area contributed by atoms with Gasteiger partial charge in [-0.3, -0.25) is 4.79 Å². The van der Waals surface area contributed by atoms with Gasteiger partial charge < -0.3 is 4.57 Å². The van der Waals surface area contributed by atoms with E-state index in [9.17, 15) is 4.79 Å². The van der Waals surface area contributed by atoms with Crippen LogP contribution in [0, 0.1) is 20.8 Å². The standard InChI is InChI=1S/C27H25N3OS/c1-19-7-13-25(14-8-19)32-26-15-11-22(12-16-26)18-28-29-27(31)23-5-4-6-24(17-23)30-20(2)9-10-21(30)3/h4-18H,1-3H3,(H,29,31)/b28-18-. The van der Waals surface area contributed by atoms with E-state index in [1.54, 1.807) is 24.0 Å². The number of benzene rings is 3. The number of aromatic nitrogens is 1. The van der Waals surface area contributed by atoms with E-state index in [-0.39, 0.29) is 5.91 Å². The van der Waals surface area contributed by atoms with Crippen LogP contribution in [0.15, 0.2) is 99.8 Å². The van der Waals surface area contributed by atoms with Gasteiger partial charge in [0.05, 0.1) is 6.21 Å². The van der Waals surface area contributed by atoms with Crippen molar-refractivity contribution in [3.05, 3.63) is 113 Å². The number of hydrogen-bond donors (Lipinski definition) is 1. The van der Waals surface area contributed by atoms with Crippen LogP contribution >= 0.6 is 11.8 Å². The summed E-state index contributed by atoms with van der Waals surface area (Å²) in [5, 5.41) is 4.13. The van der Waals surface area contributed by atoms with E-state index >= 15 is 0 Å². The molecule has 0 aliphatic rings. The molecular formula is C27H25N3OS. The monoisotopic (exact) mass is 439 g/mol. The van der Waals surface area contributed by atoms with Gasteiger partial charge >= 0.3 is 0 Å². The van der Waals surface area contributed by atoms with E-state index in [0.29, 0.717) is 5.56 Å². The van der Waals surface area contributed by atoms with E-state index in [0.717, 1.165) is 27.5 Å². The molecule has 1 amide bonds. The van der Waals surface area contributed by atoms with Crippen molar-refractivity contribution < 1.29 is 4.79 Å². The normalized spacial score (nSPS) is 11.1. The van der Waals surface area contributed by atoms with E-state index in [1.165, 1.54) is 10.5 Å². The first-order valence-electron chi connectivity index (χ1n) is 10.4. The molecular weight excluding hydrogens is 414 g/mol. The minimum absolute atomic E-state index is 0.239. The molecule has 0 bridgehead atoms. The highest BCUT2D eigenvalue weighted by Gasteiger charge is 2.08. The Bertz CT molecular complexity index is 1240. The van der Waals surface area contributed by atoms with Crippen LogP contribution < -0.4 is 5.43 Å². The zero-order valence-corrected chi connectivity index (χ0v) is 19.2. The summed E-state index contributed by atoms with van der Waals surface area (Å²) >= 11 is 1.72. The van der Waals surface area contributed by atoms with Gasteiger partial charge in [-0.1, -0.05) is 47.7 Å². The number of amides is 1. The predicted octanol–water partition coefficient (Wildman–Crippen LogP) is 6.32. The summed E-state index contributed by atoms with van der Waals surface area (Å²) in [4.78, 5) is 14.9. The third-order valence-electron chi connectivity index (χ3n) is 5.15. The Balaban J connectivity index is 1.38. The molecule has 1 heterocycles. The predicted molar refractivity (Wildman–Crippen MR) is 132 cm³/mol. The van der Waals surface area contributed by atoms with Crippen LogP contribution in [0.3, 0.4) is 0 Å². The Hall–Kier alpha value is -3.57. The zero-order chi connectivity index (χ0) is 22.5. The highest BCUT2D eigenvalue weighted by atomic mass is 32.2. The maximum atomic E-state index is 12.6. The Morgan fingerprint density at radius 3 is 2.12 bits per heavy atom. The van der Waals surface area contributed by atoms with Crippen LogP contribution in [0.1, 0.15) is 32.9 Å². The molecule has 0 unspecified atom stereocenters. The SMILES string of the molecule is Cc1ccc(Sc2ccc(/C=N\NC(=O)c3cccc(-n4c(C)ccc4C)c3)cc2)cc1. The number of nitrogens with zero attached hydrogens (tertiary/aromatic N) is 2. The van der Waals surface area contributed by atoms with Crippen molar-refractivity contribution in [1.82, 2.24) is 9.99 Å². The summed E-state index contributed by atoms with van der Waals surface area (Å²) in [5.41, 5.74) is 8.58. The molecule has 0 atom stereocenters. The minimum Gasteiger partial charge on any atom is -0.318 e. The fourth-order valence-corrected chi connectivity index (χ4v) is 4.27. The molecule has 0 aliphatic heterocycles. The number of hydrogen-bond acceptors (Lipinski definition) is 3. The number of aryl methyl sites for hydroxylation is 3. The molecule has 32 heavy (non-hydrogen) atoms. The molecule has 5 heteroatoms. The molecule has 0 fully saturated rings. The van der Waals surface area contributed by atoms with Gasteiger partial charge in [-0.05, 0) is 80.9 Å². The van der Waals surface area contributed by atoms with Crippen molar-refractivity contribution in [3.8, 4) is 5.69 Å². The minimum atomic E-state index is -0.239. The number of hydrazone groups is 1. The first-order valence-corrected chi connectivity index (χ1v) is 11.2. The first kappa shape index (κ1) is 21.7. The highest BCUT2D eigenvalue weighted by Crippen LogP contribution is 2.27. The maximum Gasteiger partial charge on any atom is 0.271 e. The van der Waals surface area contributed by atoms with Crippen LogP contribution in [0.5, 0.6) is 0 Å². The highest BCUT2D eigenvalue weighted by molar-refractivity contribution is 7.99. The second-order valence-corrected chi connectivity index (χ2v) is 8.83. The fourth-order valence-electron chi connectivity index (χ4n) is 3.46. The lowest BCUT2D eigenvalue weighted by atomic mass is 10.2. The molecule has 1 N–H and O–H groups in total. The Morgan fingerprint density at radius 2 is 1.47 bits per heavy atom. The van der Waals surface area contributed by atoms with E-state index in [2.05, 4.69) is 84.4 Å². The van der Waals surface area contributed by atoms with Gasteiger partial charge in [0.1, 0.15) is 0 Å². The lowest BCUT2D eigenvalue weighted by Gasteiger charge is -2.10. The summed E-state index contributed by atoms with van der Waals surface area (Å²) in [6.45, 7) is 6.19. The maximum absolute atomic E-state index is 12.6. The van der Waals surface area contributed by atoms with Gasteiger partial charge in [-0.2, -0.15) is 5.10 Å². The van der Waals surface area contributed by atoms with E-state index in [4.69, 9.17) is 0 Å². The summed E-state index contributed by atoms with van der Waals surface area (Å²) in [6, 6.07) is 28.2. The molecule has 4 aromatic rings. The molecule has 0 saturated carbocycles. The lowest BCUT2D eigenvalue weighted by molar-refractivity contribution is 0.0955. The molecule has 0 radical (unpaired) electrons. The molecule has 0 saturated heterocycles. The van der Waals surface area contributed by atoms with Gasteiger partial charge in [-0.25, -0.2) is 5.43 Å². The average molecular weight is 440 g/mol.